The molecule has 4 heteroatoms. The number of fused-ring (bicyclic) bond motifs is 1. The number of methoxy groups -OCH3 is 1. The third-order valence-corrected chi connectivity index (χ3v) is 4.78. The molecule has 106 valence electrons. The van der Waals surface area contributed by atoms with E-state index in [1.54, 1.807) is 6.07 Å². The smallest absolute Gasteiger partial charge is 0.180 e. The van der Waals surface area contributed by atoms with E-state index >= 15 is 0 Å². The van der Waals surface area contributed by atoms with Crippen molar-refractivity contribution in [1.29, 1.82) is 0 Å². The summed E-state index contributed by atoms with van der Waals surface area (Å²) in [6.45, 7) is 0. The van der Waals surface area contributed by atoms with E-state index in [1.165, 1.54) is 7.11 Å². The van der Waals surface area contributed by atoms with E-state index in [-0.39, 0.29) is 11.5 Å². The monoisotopic (exact) mass is 298 g/mol. The Morgan fingerprint density at radius 1 is 1.00 bits per heavy atom. The molecule has 1 unspecified atom stereocenters. The Labute approximate surface area is 125 Å². The van der Waals surface area contributed by atoms with Crippen LogP contribution in [0.3, 0.4) is 0 Å². The molecular weight excluding hydrogens is 284 g/mol. The van der Waals surface area contributed by atoms with Gasteiger partial charge in [-0.15, -0.1) is 0 Å². The van der Waals surface area contributed by atoms with Gasteiger partial charge in [0, 0.05) is 5.56 Å². The highest BCUT2D eigenvalue weighted by atomic mass is 32.2. The number of rotatable bonds is 2. The number of carbonyl (C=O) groups is 1. The van der Waals surface area contributed by atoms with Gasteiger partial charge >= 0.3 is 0 Å². The number of ketones is 1. The van der Waals surface area contributed by atoms with Crippen LogP contribution in [0.5, 0.6) is 0 Å². The van der Waals surface area contributed by atoms with Crippen LogP contribution in [0.2, 0.25) is 0 Å². The Balaban J connectivity index is 2.31. The molecule has 1 heterocycles. The van der Waals surface area contributed by atoms with Crippen molar-refractivity contribution >= 4 is 27.9 Å². The summed E-state index contributed by atoms with van der Waals surface area (Å²) in [7, 11) is 0.188. The Morgan fingerprint density at radius 3 is 2.38 bits per heavy atom. The molecule has 21 heavy (non-hydrogen) atoms. The number of hydrogen-bond acceptors (Lipinski definition) is 3. The lowest BCUT2D eigenvalue weighted by Gasteiger charge is -2.12. The molecule has 3 nitrogen and oxygen atoms in total. The first-order chi connectivity index (χ1) is 10.2. The molecule has 3 rings (SSSR count). The summed E-state index contributed by atoms with van der Waals surface area (Å²) < 4.78 is 17.9. The lowest BCUT2D eigenvalue weighted by Crippen LogP contribution is -2.11. The first kappa shape index (κ1) is 13.8. The van der Waals surface area contributed by atoms with Crippen LogP contribution in [-0.4, -0.2) is 22.9 Å². The van der Waals surface area contributed by atoms with Gasteiger partial charge in [0.15, 0.2) is 5.78 Å². The topological polar surface area (TPSA) is 43.4 Å². The van der Waals surface area contributed by atoms with E-state index in [0.29, 0.717) is 16.2 Å². The van der Waals surface area contributed by atoms with Gasteiger partial charge < -0.3 is 4.74 Å². The summed E-state index contributed by atoms with van der Waals surface area (Å²) in [6.07, 6.45) is 0. The van der Waals surface area contributed by atoms with Crippen molar-refractivity contribution in [2.45, 2.75) is 4.90 Å². The van der Waals surface area contributed by atoms with Gasteiger partial charge in [0.2, 0.25) is 0 Å². The lowest BCUT2D eigenvalue weighted by atomic mass is 9.98. The summed E-state index contributed by atoms with van der Waals surface area (Å²) in [6, 6.07) is 16.7. The molecule has 0 N–H and O–H groups in total. The highest BCUT2D eigenvalue weighted by Crippen LogP contribution is 2.34. The fraction of sp³-hybridized carbons (Fsp3) is 0.118. The van der Waals surface area contributed by atoms with Gasteiger partial charge in [-0.25, -0.2) is 0 Å². The minimum atomic E-state index is -1.35. The summed E-state index contributed by atoms with van der Waals surface area (Å²) in [5.41, 5.74) is 2.01. The molecule has 0 saturated heterocycles. The van der Waals surface area contributed by atoms with Crippen LogP contribution in [-0.2, 0) is 20.3 Å². The maximum absolute atomic E-state index is 12.5. The molecule has 2 aromatic rings. The molecule has 0 fully saturated rings. The van der Waals surface area contributed by atoms with Crippen LogP contribution >= 0.6 is 0 Å². The first-order valence-electron chi connectivity index (χ1n) is 6.57. The Hall–Kier alpha value is -2.20. The third-order valence-electron chi connectivity index (χ3n) is 3.41. The molecule has 0 bridgehead atoms. The minimum absolute atomic E-state index is 0.0197. The van der Waals surface area contributed by atoms with Gasteiger partial charge in [-0.05, 0) is 11.6 Å². The minimum Gasteiger partial charge on any atom is -0.495 e. The Morgan fingerprint density at radius 2 is 1.67 bits per heavy atom. The number of allylic oxidation sites excluding steroid dienone is 1. The largest absolute Gasteiger partial charge is 0.495 e. The number of benzene rings is 2. The van der Waals surface area contributed by atoms with E-state index in [0.717, 1.165) is 11.1 Å². The van der Waals surface area contributed by atoms with Crippen molar-refractivity contribution in [3.63, 3.8) is 0 Å². The standard InChI is InChI=1S/C17H14O3S/c1-20-17-13-9-5-6-10-15(13)21(19)11-14(18)16(17)12-7-3-2-4-8-12/h2-10H,11H2,1H3. The van der Waals surface area contributed by atoms with Crippen molar-refractivity contribution in [3.05, 3.63) is 65.7 Å². The van der Waals surface area contributed by atoms with E-state index in [1.807, 2.05) is 48.5 Å². The highest BCUT2D eigenvalue weighted by Gasteiger charge is 2.28. The van der Waals surface area contributed by atoms with Crippen LogP contribution in [0.25, 0.3) is 11.3 Å². The highest BCUT2D eigenvalue weighted by molar-refractivity contribution is 7.86. The molecule has 2 aromatic carbocycles. The first-order valence-corrected chi connectivity index (χ1v) is 7.89. The Kier molecular flexibility index (Phi) is 3.71. The quantitative estimate of drug-likeness (QED) is 0.856. The molecular formula is C17H14O3S. The fourth-order valence-electron chi connectivity index (χ4n) is 2.49. The number of ether oxygens (including phenoxy) is 1. The SMILES string of the molecule is COC1=C(c2ccccc2)C(=O)CS(=O)c2ccccc21. The van der Waals surface area contributed by atoms with Crippen molar-refractivity contribution in [3.8, 4) is 0 Å². The second-order valence-electron chi connectivity index (χ2n) is 4.68. The fourth-order valence-corrected chi connectivity index (χ4v) is 3.67. The van der Waals surface area contributed by atoms with E-state index in [4.69, 9.17) is 4.74 Å². The number of hydrogen-bond donors (Lipinski definition) is 0. The van der Waals surface area contributed by atoms with E-state index < -0.39 is 10.8 Å². The molecule has 0 aliphatic carbocycles. The van der Waals surface area contributed by atoms with E-state index in [2.05, 4.69) is 0 Å². The molecule has 1 aliphatic heterocycles. The normalized spacial score (nSPS) is 18.1. The zero-order valence-corrected chi connectivity index (χ0v) is 12.4. The van der Waals surface area contributed by atoms with E-state index in [9.17, 15) is 9.00 Å². The van der Waals surface area contributed by atoms with Crippen LogP contribution in [0.15, 0.2) is 59.5 Å². The van der Waals surface area contributed by atoms with Crippen LogP contribution in [0.4, 0.5) is 0 Å². The molecule has 0 saturated carbocycles. The molecule has 0 aromatic heterocycles. The van der Waals surface area contributed by atoms with Gasteiger partial charge in [-0.2, -0.15) is 0 Å². The second kappa shape index (κ2) is 5.66. The lowest BCUT2D eigenvalue weighted by molar-refractivity contribution is -0.111. The predicted octanol–water partition coefficient (Wildman–Crippen LogP) is 2.89. The summed E-state index contributed by atoms with van der Waals surface area (Å²) in [5.74, 6) is 0.314. The van der Waals surface area contributed by atoms with Crippen molar-refractivity contribution in [2.75, 3.05) is 12.9 Å². The number of carbonyl (C=O) groups excluding carboxylic acids is 1. The molecule has 0 radical (unpaired) electrons. The molecule has 1 atom stereocenters. The molecule has 0 amide bonds. The van der Waals surface area contributed by atoms with Crippen molar-refractivity contribution in [2.24, 2.45) is 0 Å². The Bertz CT molecular complexity index is 748. The number of Topliss-reactive ketones (excluding diaryl/α,β-unsaturated/α-hetero) is 1. The van der Waals surface area contributed by atoms with Gasteiger partial charge in [0.25, 0.3) is 0 Å². The van der Waals surface area contributed by atoms with Gasteiger partial charge in [-0.1, -0.05) is 48.5 Å². The maximum atomic E-state index is 12.5. The van der Waals surface area contributed by atoms with Crippen molar-refractivity contribution in [1.82, 2.24) is 0 Å². The predicted molar refractivity (Wildman–Crippen MR) is 83.0 cm³/mol. The average Bonchev–Trinajstić information content (AvgIpc) is 2.63. The van der Waals surface area contributed by atoms with Crippen molar-refractivity contribution < 1.29 is 13.7 Å². The van der Waals surface area contributed by atoms with Gasteiger partial charge in [0.1, 0.15) is 5.76 Å². The zero-order valence-electron chi connectivity index (χ0n) is 11.5. The van der Waals surface area contributed by atoms with Crippen LogP contribution in [0.1, 0.15) is 11.1 Å². The van der Waals surface area contributed by atoms with Crippen LogP contribution < -0.4 is 0 Å². The second-order valence-corrected chi connectivity index (χ2v) is 6.10. The van der Waals surface area contributed by atoms with Gasteiger partial charge in [-0.3, -0.25) is 9.00 Å². The summed E-state index contributed by atoms with van der Waals surface area (Å²) in [5, 5.41) is 0. The maximum Gasteiger partial charge on any atom is 0.180 e. The van der Waals surface area contributed by atoms with Gasteiger partial charge in [0.05, 0.1) is 34.1 Å². The zero-order chi connectivity index (χ0) is 14.8. The molecule has 0 spiro atoms. The van der Waals surface area contributed by atoms with Crippen LogP contribution in [0, 0.1) is 0 Å². The molecule has 1 aliphatic rings. The average molecular weight is 298 g/mol. The summed E-state index contributed by atoms with van der Waals surface area (Å²) in [4.78, 5) is 13.2. The summed E-state index contributed by atoms with van der Waals surface area (Å²) >= 11 is 0. The third kappa shape index (κ3) is 2.43.